The molecule has 6 heteroatoms. The third kappa shape index (κ3) is 3.68. The first kappa shape index (κ1) is 18.3. The largest absolute Gasteiger partial charge is 0.349 e. The predicted octanol–water partition coefficient (Wildman–Crippen LogP) is 4.31. The molecule has 0 aliphatic rings. The van der Waals surface area contributed by atoms with E-state index in [1.165, 1.54) is 0 Å². The number of aromatic nitrogens is 3. The molecule has 0 aliphatic heterocycles. The number of benzene rings is 1. The van der Waals surface area contributed by atoms with Crippen LogP contribution in [0, 0.1) is 5.92 Å². The fraction of sp³-hybridized carbons (Fsp3) is 0.300. The number of halogens is 1. The molecule has 0 saturated heterocycles. The summed E-state index contributed by atoms with van der Waals surface area (Å²) >= 11 is 6.00. The maximum Gasteiger partial charge on any atom is 0.270 e. The summed E-state index contributed by atoms with van der Waals surface area (Å²) in [5.74, 6) is 0.201. The quantitative estimate of drug-likeness (QED) is 0.727. The lowest BCUT2D eigenvalue weighted by atomic mass is 10.1. The zero-order valence-corrected chi connectivity index (χ0v) is 16.2. The maximum absolute atomic E-state index is 12.9. The Balaban J connectivity index is 2.06. The number of hydrogen-bond donors (Lipinski definition) is 1. The first-order valence-electron chi connectivity index (χ1n) is 8.65. The van der Waals surface area contributed by atoms with E-state index >= 15 is 0 Å². The molecular weight excluding hydrogens is 348 g/mol. The van der Waals surface area contributed by atoms with Gasteiger partial charge in [0.1, 0.15) is 11.4 Å². The summed E-state index contributed by atoms with van der Waals surface area (Å²) in [7, 11) is 1.96. The van der Waals surface area contributed by atoms with Crippen molar-refractivity contribution in [2.45, 2.75) is 26.8 Å². The molecule has 2 aromatic heterocycles. The molecule has 1 amide bonds. The highest BCUT2D eigenvalue weighted by atomic mass is 35.5. The number of amides is 1. The summed E-state index contributed by atoms with van der Waals surface area (Å²) < 4.78 is 3.65. The van der Waals surface area contributed by atoms with Gasteiger partial charge in [0.2, 0.25) is 0 Å². The lowest BCUT2D eigenvalue weighted by Gasteiger charge is -2.17. The number of aryl methyl sites for hydroxylation is 1. The van der Waals surface area contributed by atoms with Crippen molar-refractivity contribution >= 4 is 17.5 Å². The summed E-state index contributed by atoms with van der Waals surface area (Å²) in [6.07, 6.45) is 1.96. The van der Waals surface area contributed by atoms with Gasteiger partial charge in [-0.05, 0) is 55.3 Å². The Bertz CT molecular complexity index is 908. The molecular formula is C20H23ClN4O. The van der Waals surface area contributed by atoms with Gasteiger partial charge in [0, 0.05) is 24.3 Å². The van der Waals surface area contributed by atoms with E-state index in [9.17, 15) is 4.79 Å². The Labute approximate surface area is 158 Å². The second-order valence-corrected chi connectivity index (χ2v) is 7.25. The highest BCUT2D eigenvalue weighted by Crippen LogP contribution is 2.23. The van der Waals surface area contributed by atoms with Crippen LogP contribution >= 0.6 is 11.6 Å². The molecule has 136 valence electrons. The van der Waals surface area contributed by atoms with E-state index in [4.69, 9.17) is 11.6 Å². The summed E-state index contributed by atoms with van der Waals surface area (Å²) in [6, 6.07) is 13.1. The summed E-state index contributed by atoms with van der Waals surface area (Å²) in [6.45, 7) is 6.16. The molecule has 1 N–H and O–H groups in total. The molecule has 5 nitrogen and oxygen atoms in total. The fourth-order valence-corrected chi connectivity index (χ4v) is 2.75. The van der Waals surface area contributed by atoms with Gasteiger partial charge in [-0.15, -0.1) is 0 Å². The molecule has 0 unspecified atom stereocenters. The molecule has 0 radical (unpaired) electrons. The lowest BCUT2D eigenvalue weighted by Crippen LogP contribution is -2.37. The van der Waals surface area contributed by atoms with Crippen LogP contribution in [0.1, 0.15) is 31.3 Å². The molecule has 2 heterocycles. The Hall–Kier alpha value is -2.53. The van der Waals surface area contributed by atoms with E-state index in [2.05, 4.69) is 24.3 Å². The normalized spacial score (nSPS) is 12.4. The average Bonchev–Trinajstić information content (AvgIpc) is 3.21. The van der Waals surface area contributed by atoms with Crippen LogP contribution in [0.25, 0.3) is 17.1 Å². The summed E-state index contributed by atoms with van der Waals surface area (Å²) in [4.78, 5) is 12.9. The van der Waals surface area contributed by atoms with Crippen LogP contribution in [0.4, 0.5) is 0 Å². The molecule has 0 bridgehead atoms. The molecule has 0 fully saturated rings. The van der Waals surface area contributed by atoms with Crippen LogP contribution in [0.5, 0.6) is 0 Å². The molecule has 3 rings (SSSR count). The topological polar surface area (TPSA) is 51.9 Å². The van der Waals surface area contributed by atoms with E-state index in [0.717, 1.165) is 17.1 Å². The van der Waals surface area contributed by atoms with Gasteiger partial charge in [-0.1, -0.05) is 25.4 Å². The maximum atomic E-state index is 12.9. The number of nitrogens with zero attached hydrogens (tertiary/aromatic N) is 3. The van der Waals surface area contributed by atoms with Crippen molar-refractivity contribution in [3.05, 3.63) is 59.4 Å². The molecule has 3 aromatic rings. The molecule has 1 aromatic carbocycles. The zero-order valence-electron chi connectivity index (χ0n) is 15.4. The van der Waals surface area contributed by atoms with Crippen LogP contribution in [0.2, 0.25) is 5.02 Å². The number of rotatable bonds is 5. The molecule has 1 atom stereocenters. The SMILES string of the molecule is CC(C)[C@H](C)NC(=O)c1cc(-c2cccn2C)nn1-c1ccc(Cl)cc1. The number of carbonyl (C=O) groups is 1. The van der Waals surface area contributed by atoms with Crippen LogP contribution in [0.15, 0.2) is 48.7 Å². The van der Waals surface area contributed by atoms with Crippen molar-refractivity contribution < 1.29 is 4.79 Å². The van der Waals surface area contributed by atoms with Crippen molar-refractivity contribution in [2.24, 2.45) is 13.0 Å². The minimum absolute atomic E-state index is 0.0644. The van der Waals surface area contributed by atoms with Gasteiger partial charge in [0.25, 0.3) is 5.91 Å². The van der Waals surface area contributed by atoms with Gasteiger partial charge in [-0.25, -0.2) is 4.68 Å². The monoisotopic (exact) mass is 370 g/mol. The van der Waals surface area contributed by atoms with E-state index in [1.54, 1.807) is 16.8 Å². The number of nitrogens with one attached hydrogen (secondary N) is 1. The lowest BCUT2D eigenvalue weighted by molar-refractivity contribution is 0.0922. The van der Waals surface area contributed by atoms with Crippen molar-refractivity contribution in [1.82, 2.24) is 19.7 Å². The third-order valence-electron chi connectivity index (χ3n) is 4.58. The van der Waals surface area contributed by atoms with Crippen molar-refractivity contribution in [3.63, 3.8) is 0 Å². The standard InChI is InChI=1S/C20H23ClN4O/c1-13(2)14(3)22-20(26)19-12-17(18-6-5-11-24(18)4)23-25(19)16-9-7-15(21)8-10-16/h5-14H,1-4H3,(H,22,26)/t14-/m0/s1. The molecule has 0 spiro atoms. The van der Waals surface area contributed by atoms with Gasteiger partial charge < -0.3 is 9.88 Å². The van der Waals surface area contributed by atoms with E-state index in [-0.39, 0.29) is 11.9 Å². The summed E-state index contributed by atoms with van der Waals surface area (Å²) in [5.41, 5.74) is 2.98. The average molecular weight is 371 g/mol. The van der Waals surface area contributed by atoms with Crippen LogP contribution in [0.3, 0.4) is 0 Å². The highest BCUT2D eigenvalue weighted by molar-refractivity contribution is 6.30. The van der Waals surface area contributed by atoms with Crippen molar-refractivity contribution in [3.8, 4) is 17.1 Å². The minimum atomic E-state index is -0.144. The highest BCUT2D eigenvalue weighted by Gasteiger charge is 2.20. The molecule has 0 aliphatic carbocycles. The van der Waals surface area contributed by atoms with E-state index in [1.807, 2.05) is 55.1 Å². The second-order valence-electron chi connectivity index (χ2n) is 6.81. The minimum Gasteiger partial charge on any atom is -0.349 e. The van der Waals surface area contributed by atoms with Crippen LogP contribution in [-0.4, -0.2) is 26.3 Å². The zero-order chi connectivity index (χ0) is 18.8. The fourth-order valence-electron chi connectivity index (χ4n) is 2.62. The molecule has 0 saturated carbocycles. The van der Waals surface area contributed by atoms with Crippen LogP contribution < -0.4 is 5.32 Å². The Morgan fingerprint density at radius 3 is 2.42 bits per heavy atom. The Morgan fingerprint density at radius 2 is 1.85 bits per heavy atom. The molecule has 26 heavy (non-hydrogen) atoms. The predicted molar refractivity (Wildman–Crippen MR) is 105 cm³/mol. The first-order chi connectivity index (χ1) is 12.4. The first-order valence-corrected chi connectivity index (χ1v) is 9.03. The second kappa shape index (κ2) is 7.38. The summed E-state index contributed by atoms with van der Waals surface area (Å²) in [5, 5.41) is 8.38. The van der Waals surface area contributed by atoms with Crippen molar-refractivity contribution in [2.75, 3.05) is 0 Å². The Kier molecular flexibility index (Phi) is 5.18. The smallest absolute Gasteiger partial charge is 0.270 e. The third-order valence-corrected chi connectivity index (χ3v) is 4.83. The van der Waals surface area contributed by atoms with Gasteiger partial charge >= 0.3 is 0 Å². The van der Waals surface area contributed by atoms with E-state index in [0.29, 0.717) is 16.6 Å². The number of hydrogen-bond acceptors (Lipinski definition) is 2. The van der Waals surface area contributed by atoms with Gasteiger partial charge in [0.15, 0.2) is 0 Å². The van der Waals surface area contributed by atoms with Crippen LogP contribution in [-0.2, 0) is 7.05 Å². The Morgan fingerprint density at radius 1 is 1.15 bits per heavy atom. The van der Waals surface area contributed by atoms with Gasteiger partial charge in [-0.2, -0.15) is 5.10 Å². The van der Waals surface area contributed by atoms with Crippen molar-refractivity contribution in [1.29, 1.82) is 0 Å². The van der Waals surface area contributed by atoms with Gasteiger partial charge in [-0.3, -0.25) is 4.79 Å². The van der Waals surface area contributed by atoms with E-state index < -0.39 is 0 Å². The number of carbonyl (C=O) groups excluding carboxylic acids is 1. The van der Waals surface area contributed by atoms with Gasteiger partial charge in [0.05, 0.1) is 11.4 Å².